The van der Waals surface area contributed by atoms with Gasteiger partial charge in [-0.05, 0) is 18.2 Å². The smallest absolute Gasteiger partial charge is 0.227 e. The van der Waals surface area contributed by atoms with Crippen molar-refractivity contribution in [3.05, 3.63) is 30.5 Å². The lowest BCUT2D eigenvalue weighted by molar-refractivity contribution is -0.123. The number of hydrogen-bond acceptors (Lipinski definition) is 2. The zero-order chi connectivity index (χ0) is 12.7. The quantitative estimate of drug-likeness (QED) is 0.825. The predicted molar refractivity (Wildman–Crippen MR) is 68.0 cm³/mol. The molecule has 2 amide bonds. The zero-order valence-electron chi connectivity index (χ0n) is 9.72. The SMILES string of the molecule is NC(=O)C1CC(=O)N(c2cccc3[nH]ccc23)C1. The average Bonchev–Trinajstić information content (AvgIpc) is 2.94. The minimum atomic E-state index is -0.410. The molecule has 3 rings (SSSR count). The molecule has 18 heavy (non-hydrogen) atoms. The Morgan fingerprint density at radius 2 is 2.22 bits per heavy atom. The second kappa shape index (κ2) is 3.87. The van der Waals surface area contributed by atoms with Crippen molar-refractivity contribution in [3.63, 3.8) is 0 Å². The Hall–Kier alpha value is -2.30. The molecule has 1 unspecified atom stereocenters. The van der Waals surface area contributed by atoms with Crippen molar-refractivity contribution in [2.24, 2.45) is 11.7 Å². The molecule has 5 nitrogen and oxygen atoms in total. The van der Waals surface area contributed by atoms with Crippen molar-refractivity contribution in [3.8, 4) is 0 Å². The Bertz CT molecular complexity index is 632. The zero-order valence-corrected chi connectivity index (χ0v) is 9.72. The van der Waals surface area contributed by atoms with Gasteiger partial charge in [-0.25, -0.2) is 0 Å². The summed E-state index contributed by atoms with van der Waals surface area (Å²) in [4.78, 5) is 27.9. The standard InChI is InChI=1S/C13H13N3O2/c14-13(18)8-6-12(17)16(7-8)11-3-1-2-10-9(11)4-5-15-10/h1-5,8,15H,6-7H2,(H2,14,18). The number of amides is 2. The van der Waals surface area contributed by atoms with Gasteiger partial charge in [0.15, 0.2) is 0 Å². The number of nitrogens with two attached hydrogens (primary N) is 1. The van der Waals surface area contributed by atoms with Crippen molar-refractivity contribution < 1.29 is 9.59 Å². The Labute approximate surface area is 104 Å². The molecule has 2 heterocycles. The number of nitrogens with zero attached hydrogens (tertiary/aromatic N) is 1. The largest absolute Gasteiger partial charge is 0.369 e. The van der Waals surface area contributed by atoms with Gasteiger partial charge >= 0.3 is 0 Å². The monoisotopic (exact) mass is 243 g/mol. The van der Waals surface area contributed by atoms with E-state index in [1.165, 1.54) is 0 Å². The molecule has 1 aliphatic heterocycles. The highest BCUT2D eigenvalue weighted by Gasteiger charge is 2.34. The van der Waals surface area contributed by atoms with E-state index in [9.17, 15) is 9.59 Å². The van der Waals surface area contributed by atoms with Crippen LogP contribution in [0.1, 0.15) is 6.42 Å². The van der Waals surface area contributed by atoms with Crippen LogP contribution in [0.5, 0.6) is 0 Å². The van der Waals surface area contributed by atoms with Gasteiger partial charge in [0.05, 0.1) is 11.6 Å². The van der Waals surface area contributed by atoms with Gasteiger partial charge in [-0.15, -0.1) is 0 Å². The molecule has 1 fully saturated rings. The first-order valence-electron chi connectivity index (χ1n) is 5.82. The Morgan fingerprint density at radius 3 is 2.94 bits per heavy atom. The van der Waals surface area contributed by atoms with E-state index in [1.54, 1.807) is 4.90 Å². The van der Waals surface area contributed by atoms with E-state index >= 15 is 0 Å². The van der Waals surface area contributed by atoms with E-state index in [4.69, 9.17) is 5.73 Å². The third-order valence-electron chi connectivity index (χ3n) is 3.39. The maximum atomic E-state index is 12.0. The van der Waals surface area contributed by atoms with Crippen molar-refractivity contribution >= 4 is 28.4 Å². The van der Waals surface area contributed by atoms with E-state index in [0.717, 1.165) is 16.6 Å². The molecule has 1 saturated heterocycles. The van der Waals surface area contributed by atoms with E-state index in [-0.39, 0.29) is 18.2 Å². The normalized spacial score (nSPS) is 19.7. The number of carbonyl (C=O) groups excluding carboxylic acids is 2. The van der Waals surface area contributed by atoms with Gasteiger partial charge in [0.1, 0.15) is 0 Å². The Morgan fingerprint density at radius 1 is 1.39 bits per heavy atom. The van der Waals surface area contributed by atoms with Crippen LogP contribution in [-0.4, -0.2) is 23.3 Å². The van der Waals surface area contributed by atoms with Crippen LogP contribution in [0.3, 0.4) is 0 Å². The van der Waals surface area contributed by atoms with Gasteiger partial charge in [0, 0.05) is 30.1 Å². The molecule has 1 atom stereocenters. The average molecular weight is 243 g/mol. The highest BCUT2D eigenvalue weighted by molar-refractivity contribution is 6.06. The first kappa shape index (κ1) is 10.8. The number of benzene rings is 1. The molecule has 0 bridgehead atoms. The summed E-state index contributed by atoms with van der Waals surface area (Å²) in [7, 11) is 0. The highest BCUT2D eigenvalue weighted by Crippen LogP contribution is 2.31. The van der Waals surface area contributed by atoms with Gasteiger partial charge in [-0.3, -0.25) is 9.59 Å². The number of rotatable bonds is 2. The van der Waals surface area contributed by atoms with Crippen molar-refractivity contribution in [2.45, 2.75) is 6.42 Å². The van der Waals surface area contributed by atoms with Crippen LogP contribution < -0.4 is 10.6 Å². The maximum absolute atomic E-state index is 12.0. The van der Waals surface area contributed by atoms with Crippen molar-refractivity contribution in [2.75, 3.05) is 11.4 Å². The number of aromatic amines is 1. The second-order valence-electron chi connectivity index (χ2n) is 4.52. The number of primary amides is 1. The molecule has 1 aromatic heterocycles. The van der Waals surface area contributed by atoms with E-state index in [0.29, 0.717) is 6.54 Å². The van der Waals surface area contributed by atoms with Gasteiger partial charge in [0.2, 0.25) is 11.8 Å². The van der Waals surface area contributed by atoms with Crippen LogP contribution in [0, 0.1) is 5.92 Å². The lowest BCUT2D eigenvalue weighted by atomic mass is 10.1. The lowest BCUT2D eigenvalue weighted by Gasteiger charge is -2.17. The summed E-state index contributed by atoms with van der Waals surface area (Å²) in [5.74, 6) is -0.841. The number of fused-ring (bicyclic) bond motifs is 1. The first-order valence-corrected chi connectivity index (χ1v) is 5.82. The summed E-state index contributed by atoms with van der Waals surface area (Å²) in [5.41, 5.74) is 7.08. The summed E-state index contributed by atoms with van der Waals surface area (Å²) >= 11 is 0. The fourth-order valence-electron chi connectivity index (χ4n) is 2.44. The highest BCUT2D eigenvalue weighted by atomic mass is 16.2. The van der Waals surface area contributed by atoms with Crippen molar-refractivity contribution in [1.82, 2.24) is 4.98 Å². The summed E-state index contributed by atoms with van der Waals surface area (Å²) < 4.78 is 0. The van der Waals surface area contributed by atoms with Crippen LogP contribution >= 0.6 is 0 Å². The number of carbonyl (C=O) groups is 2. The molecule has 1 aromatic carbocycles. The minimum absolute atomic E-state index is 0.0486. The number of hydrogen-bond donors (Lipinski definition) is 2. The molecular formula is C13H13N3O2. The minimum Gasteiger partial charge on any atom is -0.369 e. The molecule has 0 aliphatic carbocycles. The van der Waals surface area contributed by atoms with Gasteiger partial charge in [-0.1, -0.05) is 6.07 Å². The Kier molecular flexibility index (Phi) is 2.33. The van der Waals surface area contributed by atoms with Crippen LogP contribution in [0.2, 0.25) is 0 Å². The molecule has 0 radical (unpaired) electrons. The molecule has 0 spiro atoms. The molecule has 5 heteroatoms. The molecule has 3 N–H and O–H groups in total. The predicted octanol–water partition coefficient (Wildman–Crippen LogP) is 1.01. The van der Waals surface area contributed by atoms with Gasteiger partial charge in [-0.2, -0.15) is 0 Å². The Balaban J connectivity index is 2.03. The maximum Gasteiger partial charge on any atom is 0.227 e. The molecule has 92 valence electrons. The van der Waals surface area contributed by atoms with Crippen LogP contribution in [0.15, 0.2) is 30.5 Å². The van der Waals surface area contributed by atoms with E-state index in [2.05, 4.69) is 4.98 Å². The van der Waals surface area contributed by atoms with Gasteiger partial charge in [0.25, 0.3) is 0 Å². The number of H-pyrrole nitrogens is 1. The van der Waals surface area contributed by atoms with Gasteiger partial charge < -0.3 is 15.6 Å². The second-order valence-corrected chi connectivity index (χ2v) is 4.52. The number of aromatic nitrogens is 1. The summed E-state index contributed by atoms with van der Waals surface area (Å²) in [6.45, 7) is 0.373. The molecular weight excluding hydrogens is 230 g/mol. The van der Waals surface area contributed by atoms with Crippen LogP contribution in [0.25, 0.3) is 10.9 Å². The fraction of sp³-hybridized carbons (Fsp3) is 0.231. The topological polar surface area (TPSA) is 79.2 Å². The number of anilines is 1. The third kappa shape index (κ3) is 1.55. The summed E-state index contributed by atoms with van der Waals surface area (Å²) in [5, 5.41) is 0.982. The summed E-state index contributed by atoms with van der Waals surface area (Å²) in [6.07, 6.45) is 2.04. The molecule has 1 aliphatic rings. The molecule has 0 saturated carbocycles. The molecule has 2 aromatic rings. The van der Waals surface area contributed by atoms with E-state index < -0.39 is 5.91 Å². The first-order chi connectivity index (χ1) is 8.66. The van der Waals surface area contributed by atoms with Crippen LogP contribution in [0.4, 0.5) is 5.69 Å². The third-order valence-corrected chi connectivity index (χ3v) is 3.39. The fourth-order valence-corrected chi connectivity index (χ4v) is 2.44. The number of nitrogens with one attached hydrogen (secondary N) is 1. The summed E-state index contributed by atoms with van der Waals surface area (Å²) in [6, 6.07) is 7.65. The van der Waals surface area contributed by atoms with Crippen LogP contribution in [-0.2, 0) is 9.59 Å². The lowest BCUT2D eigenvalue weighted by Crippen LogP contribution is -2.28. The van der Waals surface area contributed by atoms with E-state index in [1.807, 2.05) is 30.5 Å². The van der Waals surface area contributed by atoms with Crippen molar-refractivity contribution in [1.29, 1.82) is 0 Å².